The summed E-state index contributed by atoms with van der Waals surface area (Å²) in [7, 11) is 3.52. The van der Waals surface area contributed by atoms with Crippen LogP contribution < -0.4 is 10.1 Å². The first kappa shape index (κ1) is 21.0. The molecule has 1 fully saturated rings. The Labute approximate surface area is 162 Å². The van der Waals surface area contributed by atoms with Crippen LogP contribution in [0.4, 0.5) is 0 Å². The number of nitrogens with zero attached hydrogens (tertiary/aromatic N) is 2. The molecule has 136 valence electrons. The minimum atomic E-state index is 0. The van der Waals surface area contributed by atoms with Gasteiger partial charge in [-0.15, -0.1) is 24.0 Å². The minimum Gasteiger partial charge on any atom is -0.491 e. The lowest BCUT2D eigenvalue weighted by Gasteiger charge is -2.23. The van der Waals surface area contributed by atoms with E-state index in [1.54, 1.807) is 7.11 Å². The molecule has 0 atom stereocenters. The molecule has 0 aliphatic carbocycles. The van der Waals surface area contributed by atoms with Crippen LogP contribution in [0.5, 0.6) is 5.75 Å². The Balaban J connectivity index is 0.00000288. The summed E-state index contributed by atoms with van der Waals surface area (Å²) in [5.41, 5.74) is 1.59. The molecule has 1 heterocycles. The van der Waals surface area contributed by atoms with Crippen LogP contribution in [0.25, 0.3) is 0 Å². The topological polar surface area (TPSA) is 46.1 Å². The van der Waals surface area contributed by atoms with E-state index >= 15 is 0 Å². The summed E-state index contributed by atoms with van der Waals surface area (Å²) in [4.78, 5) is 6.75. The zero-order valence-corrected chi connectivity index (χ0v) is 17.5. The summed E-state index contributed by atoms with van der Waals surface area (Å²) in [5, 5.41) is 3.45. The Hall–Kier alpha value is -1.02. The molecule has 0 bridgehead atoms. The van der Waals surface area contributed by atoms with E-state index in [0.717, 1.165) is 31.3 Å². The number of likely N-dealkylation sites (tertiary alicyclic amines) is 1. The fraction of sp³-hybridized carbons (Fsp3) is 0.611. The van der Waals surface area contributed by atoms with E-state index in [9.17, 15) is 0 Å². The zero-order valence-electron chi connectivity index (χ0n) is 15.2. The summed E-state index contributed by atoms with van der Waals surface area (Å²) < 4.78 is 10.6. The third-order valence-electron chi connectivity index (χ3n) is 4.12. The standard InChI is InChI=1S/C18H29N3O2.HI/c1-18(2)9-10-21(14-18)17(19-3)20-13-15-5-7-16(8-6-15)23-12-11-22-4;/h5-8H,9-14H2,1-4H3,(H,19,20);1H. The van der Waals surface area contributed by atoms with E-state index in [4.69, 9.17) is 9.47 Å². The van der Waals surface area contributed by atoms with Gasteiger partial charge in [-0.05, 0) is 29.5 Å². The lowest BCUT2D eigenvalue weighted by molar-refractivity contribution is 0.146. The van der Waals surface area contributed by atoms with Gasteiger partial charge >= 0.3 is 0 Å². The highest BCUT2D eigenvalue weighted by Crippen LogP contribution is 2.28. The second-order valence-corrected chi connectivity index (χ2v) is 6.72. The first-order valence-corrected chi connectivity index (χ1v) is 8.20. The molecule has 0 aromatic heterocycles. The lowest BCUT2D eigenvalue weighted by Crippen LogP contribution is -2.40. The average Bonchev–Trinajstić information content (AvgIpc) is 2.90. The molecular weight excluding hydrogens is 417 g/mol. The molecule has 1 aromatic carbocycles. The third-order valence-corrected chi connectivity index (χ3v) is 4.12. The van der Waals surface area contributed by atoms with Gasteiger partial charge in [0.15, 0.2) is 5.96 Å². The summed E-state index contributed by atoms with van der Waals surface area (Å²) in [5.74, 6) is 1.85. The van der Waals surface area contributed by atoms with Gasteiger partial charge in [0, 0.05) is 33.8 Å². The molecule has 1 aliphatic heterocycles. The van der Waals surface area contributed by atoms with E-state index in [2.05, 4.69) is 41.2 Å². The number of aliphatic imine (C=N–C) groups is 1. The molecule has 0 saturated carbocycles. The summed E-state index contributed by atoms with van der Waals surface area (Å²) in [6.45, 7) is 8.68. The first-order chi connectivity index (χ1) is 11.0. The second-order valence-electron chi connectivity index (χ2n) is 6.72. The van der Waals surface area contributed by atoms with Gasteiger partial charge in [0.2, 0.25) is 0 Å². The molecule has 1 aromatic rings. The predicted molar refractivity (Wildman–Crippen MR) is 109 cm³/mol. The molecule has 1 N–H and O–H groups in total. The number of hydrogen-bond donors (Lipinski definition) is 1. The molecule has 0 unspecified atom stereocenters. The van der Waals surface area contributed by atoms with Crippen molar-refractivity contribution in [2.45, 2.75) is 26.8 Å². The predicted octanol–water partition coefficient (Wildman–Crippen LogP) is 3.14. The fourth-order valence-corrected chi connectivity index (χ4v) is 2.75. The van der Waals surface area contributed by atoms with Gasteiger partial charge in [-0.1, -0.05) is 26.0 Å². The van der Waals surface area contributed by atoms with Crippen LogP contribution in [0.3, 0.4) is 0 Å². The van der Waals surface area contributed by atoms with Gasteiger partial charge in [0.05, 0.1) is 6.61 Å². The zero-order chi connectivity index (χ0) is 16.7. The van der Waals surface area contributed by atoms with Crippen molar-refractivity contribution >= 4 is 29.9 Å². The maximum atomic E-state index is 5.57. The summed E-state index contributed by atoms with van der Waals surface area (Å²) in [6.07, 6.45) is 1.21. The Morgan fingerprint density at radius 3 is 2.50 bits per heavy atom. The quantitative estimate of drug-likeness (QED) is 0.315. The Bertz CT molecular complexity index is 518. The number of rotatable bonds is 6. The highest BCUT2D eigenvalue weighted by molar-refractivity contribution is 14.0. The van der Waals surface area contributed by atoms with Crippen LogP contribution in [0.1, 0.15) is 25.8 Å². The van der Waals surface area contributed by atoms with E-state index in [1.807, 2.05) is 19.2 Å². The third kappa shape index (κ3) is 6.47. The average molecular weight is 447 g/mol. The molecule has 5 nitrogen and oxygen atoms in total. The molecule has 2 rings (SSSR count). The number of nitrogens with one attached hydrogen (secondary N) is 1. The maximum Gasteiger partial charge on any atom is 0.193 e. The van der Waals surface area contributed by atoms with E-state index in [0.29, 0.717) is 18.6 Å². The monoisotopic (exact) mass is 447 g/mol. The van der Waals surface area contributed by atoms with E-state index in [-0.39, 0.29) is 24.0 Å². The van der Waals surface area contributed by atoms with Crippen molar-refractivity contribution in [1.82, 2.24) is 10.2 Å². The molecule has 0 spiro atoms. The van der Waals surface area contributed by atoms with Crippen molar-refractivity contribution in [3.05, 3.63) is 29.8 Å². The smallest absolute Gasteiger partial charge is 0.193 e. The van der Waals surface area contributed by atoms with Crippen molar-refractivity contribution in [2.75, 3.05) is 40.5 Å². The second kappa shape index (κ2) is 10.1. The maximum absolute atomic E-state index is 5.57. The number of benzene rings is 1. The molecule has 0 radical (unpaired) electrons. The molecule has 24 heavy (non-hydrogen) atoms. The summed E-state index contributed by atoms with van der Waals surface area (Å²) in [6, 6.07) is 8.15. The van der Waals surface area contributed by atoms with Crippen molar-refractivity contribution in [3.8, 4) is 5.75 Å². The van der Waals surface area contributed by atoms with Crippen molar-refractivity contribution < 1.29 is 9.47 Å². The lowest BCUT2D eigenvalue weighted by atomic mass is 9.93. The molecule has 6 heteroatoms. The molecular formula is C18H30IN3O2. The van der Waals surface area contributed by atoms with Gasteiger partial charge in [0.25, 0.3) is 0 Å². The van der Waals surface area contributed by atoms with E-state index < -0.39 is 0 Å². The number of halogens is 1. The number of guanidine groups is 1. The highest BCUT2D eigenvalue weighted by atomic mass is 127. The Morgan fingerprint density at radius 2 is 1.96 bits per heavy atom. The van der Waals surface area contributed by atoms with Crippen LogP contribution in [0.2, 0.25) is 0 Å². The van der Waals surface area contributed by atoms with Gasteiger partial charge in [0.1, 0.15) is 12.4 Å². The van der Waals surface area contributed by atoms with Crippen LogP contribution >= 0.6 is 24.0 Å². The Kier molecular flexibility index (Phi) is 8.83. The molecule has 1 aliphatic rings. The highest BCUT2D eigenvalue weighted by Gasteiger charge is 2.30. The Morgan fingerprint density at radius 1 is 1.25 bits per heavy atom. The van der Waals surface area contributed by atoms with Crippen LogP contribution in [0, 0.1) is 5.41 Å². The van der Waals surface area contributed by atoms with Crippen molar-refractivity contribution in [2.24, 2.45) is 10.4 Å². The first-order valence-electron chi connectivity index (χ1n) is 8.20. The van der Waals surface area contributed by atoms with Crippen LogP contribution in [0.15, 0.2) is 29.3 Å². The van der Waals surface area contributed by atoms with Crippen molar-refractivity contribution in [1.29, 1.82) is 0 Å². The van der Waals surface area contributed by atoms with Gasteiger partial charge in [-0.25, -0.2) is 0 Å². The fourth-order valence-electron chi connectivity index (χ4n) is 2.75. The normalized spacial score (nSPS) is 16.7. The largest absolute Gasteiger partial charge is 0.491 e. The van der Waals surface area contributed by atoms with Crippen LogP contribution in [-0.2, 0) is 11.3 Å². The van der Waals surface area contributed by atoms with Crippen LogP contribution in [-0.4, -0.2) is 51.3 Å². The van der Waals surface area contributed by atoms with Gasteiger partial charge in [-0.3, -0.25) is 4.99 Å². The molecule has 1 saturated heterocycles. The van der Waals surface area contributed by atoms with E-state index in [1.165, 1.54) is 12.0 Å². The van der Waals surface area contributed by atoms with Gasteiger partial charge in [-0.2, -0.15) is 0 Å². The number of methoxy groups -OCH3 is 1. The minimum absolute atomic E-state index is 0. The van der Waals surface area contributed by atoms with Crippen molar-refractivity contribution in [3.63, 3.8) is 0 Å². The number of hydrogen-bond acceptors (Lipinski definition) is 3. The van der Waals surface area contributed by atoms with Gasteiger partial charge < -0.3 is 19.7 Å². The molecule has 0 amide bonds. The summed E-state index contributed by atoms with van der Waals surface area (Å²) >= 11 is 0. The SMILES string of the molecule is CN=C(NCc1ccc(OCCOC)cc1)N1CCC(C)(C)C1.I. The number of ether oxygens (including phenoxy) is 2.